The minimum absolute atomic E-state index is 0.116. The van der Waals surface area contributed by atoms with Gasteiger partial charge in [0.25, 0.3) is 5.56 Å². The molecule has 3 rings (SSSR count). The van der Waals surface area contributed by atoms with E-state index in [1.807, 2.05) is 25.8 Å². The largest absolute Gasteiger partial charge is 0.373 e. The monoisotopic (exact) mass is 397 g/mol. The van der Waals surface area contributed by atoms with Crippen LogP contribution in [0.4, 0.5) is 11.4 Å². The van der Waals surface area contributed by atoms with Crippen molar-refractivity contribution in [3.8, 4) is 0 Å². The third-order valence-corrected chi connectivity index (χ3v) is 4.47. The fourth-order valence-corrected chi connectivity index (χ4v) is 3.21. The van der Waals surface area contributed by atoms with Crippen LogP contribution >= 0.6 is 0 Å². The highest BCUT2D eigenvalue weighted by Crippen LogP contribution is 2.23. The third-order valence-electron chi connectivity index (χ3n) is 4.47. The van der Waals surface area contributed by atoms with Crippen LogP contribution in [-0.4, -0.2) is 43.9 Å². The number of hydrogen-bond acceptors (Lipinski definition) is 6. The number of pyridine rings is 1. The highest BCUT2D eigenvalue weighted by molar-refractivity contribution is 5.90. The number of aromatic nitrogens is 5. The number of carbonyl (C=O) groups is 1. The molecule has 0 aliphatic heterocycles. The molecule has 9 heteroatoms. The van der Waals surface area contributed by atoms with Crippen LogP contribution in [0, 0.1) is 5.92 Å². The SMILES string of the molecule is CC(C)CN(C)c1cc(=O)n(CC(=O)Nc2ccc3nncn3c2)nc1C(C)C. The summed E-state index contributed by atoms with van der Waals surface area (Å²) in [4.78, 5) is 27.1. The average molecular weight is 397 g/mol. The van der Waals surface area contributed by atoms with Crippen molar-refractivity contribution in [2.45, 2.75) is 40.2 Å². The van der Waals surface area contributed by atoms with E-state index in [1.165, 1.54) is 4.68 Å². The van der Waals surface area contributed by atoms with Crippen LogP contribution < -0.4 is 15.8 Å². The van der Waals surface area contributed by atoms with Crippen LogP contribution in [0.25, 0.3) is 5.65 Å². The second kappa shape index (κ2) is 8.42. The van der Waals surface area contributed by atoms with Crippen LogP contribution in [0.1, 0.15) is 39.3 Å². The maximum atomic E-state index is 12.6. The summed E-state index contributed by atoms with van der Waals surface area (Å²) in [6, 6.07) is 5.06. The normalized spacial score (nSPS) is 11.4. The Bertz CT molecular complexity index is 1070. The van der Waals surface area contributed by atoms with Gasteiger partial charge in [0.15, 0.2) is 5.65 Å². The maximum Gasteiger partial charge on any atom is 0.269 e. The molecule has 0 atom stereocenters. The number of nitrogens with zero attached hydrogens (tertiary/aromatic N) is 6. The van der Waals surface area contributed by atoms with E-state index in [2.05, 4.69) is 34.5 Å². The molecule has 9 nitrogen and oxygen atoms in total. The summed E-state index contributed by atoms with van der Waals surface area (Å²) < 4.78 is 2.92. The molecule has 29 heavy (non-hydrogen) atoms. The second-order valence-electron chi connectivity index (χ2n) is 7.90. The summed E-state index contributed by atoms with van der Waals surface area (Å²) in [6.45, 7) is 8.96. The first-order valence-corrected chi connectivity index (χ1v) is 9.67. The van der Waals surface area contributed by atoms with Gasteiger partial charge in [0.1, 0.15) is 12.9 Å². The van der Waals surface area contributed by atoms with E-state index < -0.39 is 0 Å². The van der Waals surface area contributed by atoms with Gasteiger partial charge in [-0.1, -0.05) is 27.7 Å². The van der Waals surface area contributed by atoms with Gasteiger partial charge in [-0.05, 0) is 24.0 Å². The number of carbonyl (C=O) groups excluding carboxylic acids is 1. The molecule has 3 heterocycles. The molecule has 0 aromatic carbocycles. The number of fused-ring (bicyclic) bond motifs is 1. The Morgan fingerprint density at radius 1 is 1.24 bits per heavy atom. The quantitative estimate of drug-likeness (QED) is 0.656. The molecular formula is C20H27N7O2. The van der Waals surface area contributed by atoms with E-state index in [-0.39, 0.29) is 23.9 Å². The highest BCUT2D eigenvalue weighted by Gasteiger charge is 2.17. The van der Waals surface area contributed by atoms with Crippen molar-refractivity contribution in [1.82, 2.24) is 24.4 Å². The fraction of sp³-hybridized carbons (Fsp3) is 0.450. The number of nitrogens with one attached hydrogen (secondary N) is 1. The van der Waals surface area contributed by atoms with Crippen molar-refractivity contribution in [3.05, 3.63) is 46.8 Å². The van der Waals surface area contributed by atoms with Crippen molar-refractivity contribution < 1.29 is 4.79 Å². The van der Waals surface area contributed by atoms with Crippen molar-refractivity contribution in [2.75, 3.05) is 23.8 Å². The molecule has 0 spiro atoms. The van der Waals surface area contributed by atoms with Crippen LogP contribution in [0.3, 0.4) is 0 Å². The van der Waals surface area contributed by atoms with Gasteiger partial charge in [-0.3, -0.25) is 14.0 Å². The second-order valence-corrected chi connectivity index (χ2v) is 7.90. The van der Waals surface area contributed by atoms with Gasteiger partial charge < -0.3 is 10.2 Å². The standard InChI is InChI=1S/C20H27N7O2/c1-13(2)9-25(5)16-8-19(29)27(24-20(16)14(3)4)11-18(28)22-15-6-7-17-23-21-12-26(17)10-15/h6-8,10,12-14H,9,11H2,1-5H3,(H,22,28). The molecule has 0 saturated carbocycles. The van der Waals surface area contributed by atoms with Gasteiger partial charge in [0.05, 0.1) is 17.1 Å². The molecule has 0 radical (unpaired) electrons. The minimum atomic E-state index is -0.329. The van der Waals surface area contributed by atoms with E-state index >= 15 is 0 Å². The van der Waals surface area contributed by atoms with Gasteiger partial charge in [-0.15, -0.1) is 10.2 Å². The number of hydrogen-bond donors (Lipinski definition) is 1. The summed E-state index contributed by atoms with van der Waals surface area (Å²) in [5, 5.41) is 15.0. The van der Waals surface area contributed by atoms with Gasteiger partial charge >= 0.3 is 0 Å². The van der Waals surface area contributed by atoms with Crippen molar-refractivity contribution in [3.63, 3.8) is 0 Å². The van der Waals surface area contributed by atoms with E-state index in [0.29, 0.717) is 17.3 Å². The molecule has 0 aliphatic carbocycles. The van der Waals surface area contributed by atoms with Gasteiger partial charge in [-0.25, -0.2) is 4.68 Å². The summed E-state index contributed by atoms with van der Waals surface area (Å²) in [6.07, 6.45) is 3.27. The predicted molar refractivity (Wildman–Crippen MR) is 112 cm³/mol. The van der Waals surface area contributed by atoms with Crippen molar-refractivity contribution >= 4 is 22.9 Å². The molecule has 0 fully saturated rings. The molecule has 0 aliphatic rings. The van der Waals surface area contributed by atoms with Crippen LogP contribution in [0.5, 0.6) is 0 Å². The van der Waals surface area contributed by atoms with Gasteiger partial charge in [-0.2, -0.15) is 5.10 Å². The van der Waals surface area contributed by atoms with Crippen molar-refractivity contribution in [1.29, 1.82) is 0 Å². The Kier molecular flexibility index (Phi) is 5.95. The Balaban J connectivity index is 1.81. The van der Waals surface area contributed by atoms with Gasteiger partial charge in [0, 0.05) is 25.9 Å². The first-order chi connectivity index (χ1) is 13.7. The topological polar surface area (TPSA) is 97.4 Å². The highest BCUT2D eigenvalue weighted by atomic mass is 16.2. The maximum absolute atomic E-state index is 12.6. The molecule has 1 amide bonds. The lowest BCUT2D eigenvalue weighted by Crippen LogP contribution is -2.33. The molecule has 3 aromatic heterocycles. The third kappa shape index (κ3) is 4.79. The molecule has 1 N–H and O–H groups in total. The summed E-state index contributed by atoms with van der Waals surface area (Å²) in [7, 11) is 1.96. The van der Waals surface area contributed by atoms with Gasteiger partial charge in [0.2, 0.25) is 5.91 Å². The average Bonchev–Trinajstić information content (AvgIpc) is 3.10. The molecule has 154 valence electrons. The number of amides is 1. The molecule has 0 saturated heterocycles. The zero-order chi connectivity index (χ0) is 21.1. The van der Waals surface area contributed by atoms with E-state index in [9.17, 15) is 9.59 Å². The Labute approximate surface area is 169 Å². The van der Waals surface area contributed by atoms with Crippen molar-refractivity contribution in [2.24, 2.45) is 5.92 Å². The number of rotatable bonds is 7. The van der Waals surface area contributed by atoms with Crippen LogP contribution in [0.15, 0.2) is 35.5 Å². The molecule has 3 aromatic rings. The lowest BCUT2D eigenvalue weighted by atomic mass is 10.1. The fourth-order valence-electron chi connectivity index (χ4n) is 3.21. The summed E-state index contributed by atoms with van der Waals surface area (Å²) in [5.41, 5.74) is 2.58. The summed E-state index contributed by atoms with van der Waals surface area (Å²) >= 11 is 0. The smallest absolute Gasteiger partial charge is 0.269 e. The lowest BCUT2D eigenvalue weighted by molar-refractivity contribution is -0.117. The Morgan fingerprint density at radius 2 is 2.00 bits per heavy atom. The molecule has 0 bridgehead atoms. The summed E-state index contributed by atoms with van der Waals surface area (Å²) in [5.74, 6) is 0.243. The lowest BCUT2D eigenvalue weighted by Gasteiger charge is -2.25. The zero-order valence-electron chi connectivity index (χ0n) is 17.5. The molecule has 0 unspecified atom stereocenters. The molecular weight excluding hydrogens is 370 g/mol. The Hall–Kier alpha value is -3.23. The Morgan fingerprint density at radius 3 is 2.69 bits per heavy atom. The van der Waals surface area contributed by atoms with E-state index in [4.69, 9.17) is 0 Å². The van der Waals surface area contributed by atoms with E-state index in [1.54, 1.807) is 35.1 Å². The minimum Gasteiger partial charge on any atom is -0.373 e. The number of anilines is 2. The van der Waals surface area contributed by atoms with E-state index in [0.717, 1.165) is 17.9 Å². The van der Waals surface area contributed by atoms with Crippen LogP contribution in [-0.2, 0) is 11.3 Å². The van der Waals surface area contributed by atoms with Crippen LogP contribution in [0.2, 0.25) is 0 Å². The first kappa shape index (κ1) is 20.5. The first-order valence-electron chi connectivity index (χ1n) is 9.67. The predicted octanol–water partition coefficient (Wildman–Crippen LogP) is 2.14. The zero-order valence-corrected chi connectivity index (χ0v) is 17.5.